The summed E-state index contributed by atoms with van der Waals surface area (Å²) in [5.41, 5.74) is 4.03. The lowest BCUT2D eigenvalue weighted by Crippen LogP contribution is -2.01. The summed E-state index contributed by atoms with van der Waals surface area (Å²) in [7, 11) is 0. The SMILES string of the molecule is CC/C(=C\N=C(C)C(C)C)C1=CC=CCC1. The second kappa shape index (κ2) is 6.47. The molecule has 16 heavy (non-hydrogen) atoms. The number of hydrogen-bond donors (Lipinski definition) is 0. The van der Waals surface area contributed by atoms with Crippen LogP contribution in [-0.4, -0.2) is 5.71 Å². The zero-order chi connectivity index (χ0) is 12.0. The molecule has 0 heterocycles. The highest BCUT2D eigenvalue weighted by Gasteiger charge is 2.04. The molecule has 0 aromatic heterocycles. The van der Waals surface area contributed by atoms with E-state index in [0.717, 1.165) is 19.3 Å². The van der Waals surface area contributed by atoms with Gasteiger partial charge in [-0.25, -0.2) is 0 Å². The van der Waals surface area contributed by atoms with Gasteiger partial charge in [0.2, 0.25) is 0 Å². The van der Waals surface area contributed by atoms with Gasteiger partial charge in [0.1, 0.15) is 0 Å². The van der Waals surface area contributed by atoms with Gasteiger partial charge in [0, 0.05) is 11.9 Å². The summed E-state index contributed by atoms with van der Waals surface area (Å²) >= 11 is 0. The molecule has 1 aliphatic carbocycles. The molecule has 1 heteroatoms. The molecule has 0 bridgehead atoms. The maximum Gasteiger partial charge on any atom is 0.0301 e. The highest BCUT2D eigenvalue weighted by Crippen LogP contribution is 2.22. The summed E-state index contributed by atoms with van der Waals surface area (Å²) < 4.78 is 0. The van der Waals surface area contributed by atoms with E-state index in [-0.39, 0.29) is 0 Å². The van der Waals surface area contributed by atoms with Crippen LogP contribution < -0.4 is 0 Å². The van der Waals surface area contributed by atoms with Crippen molar-refractivity contribution in [2.45, 2.75) is 47.0 Å². The van der Waals surface area contributed by atoms with E-state index in [1.807, 2.05) is 0 Å². The van der Waals surface area contributed by atoms with Crippen molar-refractivity contribution in [2.75, 3.05) is 0 Å². The first-order valence-electron chi connectivity index (χ1n) is 6.24. The fourth-order valence-electron chi connectivity index (χ4n) is 1.60. The van der Waals surface area contributed by atoms with Crippen LogP contribution in [0.2, 0.25) is 0 Å². The van der Waals surface area contributed by atoms with Crippen LogP contribution in [0.1, 0.15) is 47.0 Å². The Morgan fingerprint density at radius 2 is 2.25 bits per heavy atom. The minimum Gasteiger partial charge on any atom is -0.265 e. The van der Waals surface area contributed by atoms with Gasteiger partial charge in [-0.1, -0.05) is 39.0 Å². The lowest BCUT2D eigenvalue weighted by Gasteiger charge is -2.11. The molecule has 0 fully saturated rings. The number of nitrogens with zero attached hydrogens (tertiary/aromatic N) is 1. The van der Waals surface area contributed by atoms with Gasteiger partial charge in [0.05, 0.1) is 0 Å². The Bertz CT molecular complexity index is 340. The van der Waals surface area contributed by atoms with Crippen LogP contribution in [0.4, 0.5) is 0 Å². The second-order valence-electron chi connectivity index (χ2n) is 4.59. The van der Waals surface area contributed by atoms with Gasteiger partial charge < -0.3 is 0 Å². The zero-order valence-corrected chi connectivity index (χ0v) is 11.0. The van der Waals surface area contributed by atoms with Crippen LogP contribution in [0.3, 0.4) is 0 Å². The van der Waals surface area contributed by atoms with E-state index in [1.54, 1.807) is 0 Å². The first-order chi connectivity index (χ1) is 7.65. The Kier molecular flexibility index (Phi) is 5.24. The Morgan fingerprint density at radius 3 is 2.75 bits per heavy atom. The number of hydrogen-bond acceptors (Lipinski definition) is 1. The van der Waals surface area contributed by atoms with Gasteiger partial charge in [-0.2, -0.15) is 0 Å². The van der Waals surface area contributed by atoms with Crippen LogP contribution in [-0.2, 0) is 0 Å². The molecule has 88 valence electrons. The third-order valence-corrected chi connectivity index (χ3v) is 3.07. The Morgan fingerprint density at radius 1 is 1.50 bits per heavy atom. The highest BCUT2D eigenvalue weighted by atomic mass is 14.7. The average Bonchev–Trinajstić information content (AvgIpc) is 2.30. The first kappa shape index (κ1) is 13.0. The Balaban J connectivity index is 2.81. The molecule has 0 unspecified atom stereocenters. The molecule has 0 atom stereocenters. The van der Waals surface area contributed by atoms with E-state index in [0.29, 0.717) is 5.92 Å². The van der Waals surface area contributed by atoms with Crippen LogP contribution in [0.15, 0.2) is 40.6 Å². The van der Waals surface area contributed by atoms with Crippen LogP contribution in [0, 0.1) is 5.92 Å². The molecule has 0 saturated heterocycles. The normalized spacial score (nSPS) is 17.9. The summed E-state index contributed by atoms with van der Waals surface area (Å²) in [5.74, 6) is 0.537. The minimum atomic E-state index is 0.537. The van der Waals surface area contributed by atoms with Crippen LogP contribution in [0.5, 0.6) is 0 Å². The predicted molar refractivity (Wildman–Crippen MR) is 72.8 cm³/mol. The van der Waals surface area contributed by atoms with Gasteiger partial charge in [-0.15, -0.1) is 0 Å². The van der Waals surface area contributed by atoms with E-state index in [1.165, 1.54) is 16.9 Å². The van der Waals surface area contributed by atoms with Gasteiger partial charge in [0.15, 0.2) is 0 Å². The van der Waals surface area contributed by atoms with Gasteiger partial charge >= 0.3 is 0 Å². The predicted octanol–water partition coefficient (Wildman–Crippen LogP) is 4.67. The number of allylic oxidation sites excluding steroid dienone is 5. The van der Waals surface area contributed by atoms with Crippen molar-refractivity contribution in [2.24, 2.45) is 10.9 Å². The maximum atomic E-state index is 4.56. The van der Waals surface area contributed by atoms with Crippen molar-refractivity contribution in [3.63, 3.8) is 0 Å². The summed E-state index contributed by atoms with van der Waals surface area (Å²) in [5, 5.41) is 0. The van der Waals surface area contributed by atoms with Crippen molar-refractivity contribution in [1.82, 2.24) is 0 Å². The number of rotatable bonds is 4. The quantitative estimate of drug-likeness (QED) is 0.607. The highest BCUT2D eigenvalue weighted by molar-refractivity contribution is 5.84. The van der Waals surface area contributed by atoms with E-state index >= 15 is 0 Å². The van der Waals surface area contributed by atoms with Crippen molar-refractivity contribution < 1.29 is 0 Å². The smallest absolute Gasteiger partial charge is 0.0301 e. The lowest BCUT2D eigenvalue weighted by atomic mass is 9.96. The van der Waals surface area contributed by atoms with E-state index in [4.69, 9.17) is 0 Å². The molecule has 0 amide bonds. The molecule has 0 radical (unpaired) electrons. The summed E-state index contributed by atoms with van der Waals surface area (Å²) in [6.45, 7) is 8.66. The summed E-state index contributed by atoms with van der Waals surface area (Å²) in [6, 6.07) is 0. The largest absolute Gasteiger partial charge is 0.265 e. The van der Waals surface area contributed by atoms with Crippen LogP contribution in [0.25, 0.3) is 0 Å². The fourth-order valence-corrected chi connectivity index (χ4v) is 1.60. The van der Waals surface area contributed by atoms with Crippen molar-refractivity contribution in [3.05, 3.63) is 35.6 Å². The van der Waals surface area contributed by atoms with E-state index in [2.05, 4.69) is 57.1 Å². The molecule has 1 rings (SSSR count). The Hall–Kier alpha value is -1.11. The molecule has 1 nitrogen and oxygen atoms in total. The molecular weight excluding hydrogens is 194 g/mol. The molecule has 0 saturated carbocycles. The zero-order valence-electron chi connectivity index (χ0n) is 11.0. The van der Waals surface area contributed by atoms with Gasteiger partial charge in [0.25, 0.3) is 0 Å². The second-order valence-corrected chi connectivity index (χ2v) is 4.59. The molecular formula is C15H23N. The van der Waals surface area contributed by atoms with E-state index in [9.17, 15) is 0 Å². The monoisotopic (exact) mass is 217 g/mol. The molecule has 0 N–H and O–H groups in total. The van der Waals surface area contributed by atoms with Crippen molar-refractivity contribution in [3.8, 4) is 0 Å². The molecule has 0 aliphatic heterocycles. The van der Waals surface area contributed by atoms with Gasteiger partial charge in [-0.3, -0.25) is 4.99 Å². The molecule has 0 aromatic rings. The third-order valence-electron chi connectivity index (χ3n) is 3.07. The standard InChI is InChI=1S/C15H23N/c1-5-14(11-16-13(4)12(2)3)15-9-7-6-8-10-15/h6-7,9,11-12H,5,8,10H2,1-4H3/b14-11+,16-13?. The lowest BCUT2D eigenvalue weighted by molar-refractivity contribution is 0.876. The molecule has 0 spiro atoms. The average molecular weight is 217 g/mol. The summed E-state index contributed by atoms with van der Waals surface area (Å²) in [6.07, 6.45) is 12.0. The van der Waals surface area contributed by atoms with Crippen LogP contribution >= 0.6 is 0 Å². The van der Waals surface area contributed by atoms with E-state index < -0.39 is 0 Å². The topological polar surface area (TPSA) is 12.4 Å². The maximum absolute atomic E-state index is 4.56. The third kappa shape index (κ3) is 3.80. The minimum absolute atomic E-state index is 0.537. The molecule has 1 aliphatic rings. The Labute approximate surface area is 99.7 Å². The summed E-state index contributed by atoms with van der Waals surface area (Å²) in [4.78, 5) is 4.56. The van der Waals surface area contributed by atoms with Gasteiger partial charge in [-0.05, 0) is 43.3 Å². The first-order valence-corrected chi connectivity index (χ1v) is 6.24. The number of aliphatic imine (C=N–C) groups is 1. The molecule has 0 aromatic carbocycles. The van der Waals surface area contributed by atoms with Crippen molar-refractivity contribution in [1.29, 1.82) is 0 Å². The van der Waals surface area contributed by atoms with Crippen molar-refractivity contribution >= 4 is 5.71 Å². The fraction of sp³-hybridized carbons (Fsp3) is 0.533.